The number of hydrogen-bond acceptors (Lipinski definition) is 3. The summed E-state index contributed by atoms with van der Waals surface area (Å²) < 4.78 is 0. The molecule has 1 fully saturated rings. The van der Waals surface area contributed by atoms with Gasteiger partial charge in [-0.3, -0.25) is 14.9 Å². The summed E-state index contributed by atoms with van der Waals surface area (Å²) in [6.45, 7) is 5.30. The first-order chi connectivity index (χ1) is 6.97. The van der Waals surface area contributed by atoms with Crippen molar-refractivity contribution in [1.82, 2.24) is 10.2 Å². The lowest BCUT2D eigenvalue weighted by atomic mass is 9.95. The second-order valence-corrected chi connectivity index (χ2v) is 3.92. The third-order valence-corrected chi connectivity index (χ3v) is 2.76. The predicted octanol–water partition coefficient (Wildman–Crippen LogP) is 0.542. The standard InChI is InChI=1S/C10H16N2O3/c1-4-6(2)9(7(3)13)12-5-8(14)11-10(12)15/h6,9H,4-5H2,1-3H3,(H,11,14,15)/t6?,9-/m0/s1. The number of Topliss-reactive ketones (excluding diaryl/α,β-unsaturated/α-hetero) is 1. The Hall–Kier alpha value is -1.39. The number of nitrogens with zero attached hydrogens (tertiary/aromatic N) is 1. The average molecular weight is 212 g/mol. The van der Waals surface area contributed by atoms with Gasteiger partial charge in [0, 0.05) is 0 Å². The second-order valence-electron chi connectivity index (χ2n) is 3.92. The minimum Gasteiger partial charge on any atom is -0.305 e. The van der Waals surface area contributed by atoms with Gasteiger partial charge < -0.3 is 4.90 Å². The lowest BCUT2D eigenvalue weighted by molar-refractivity contribution is -0.123. The molecule has 1 heterocycles. The van der Waals surface area contributed by atoms with Crippen LogP contribution in [0.15, 0.2) is 0 Å². The van der Waals surface area contributed by atoms with Crippen LogP contribution in [-0.4, -0.2) is 35.2 Å². The van der Waals surface area contributed by atoms with E-state index in [1.54, 1.807) is 0 Å². The molecule has 0 aromatic carbocycles. The van der Waals surface area contributed by atoms with Gasteiger partial charge in [0.05, 0.1) is 6.04 Å². The number of rotatable bonds is 4. The van der Waals surface area contributed by atoms with E-state index in [0.717, 1.165) is 6.42 Å². The monoisotopic (exact) mass is 212 g/mol. The van der Waals surface area contributed by atoms with Crippen LogP contribution in [0, 0.1) is 5.92 Å². The summed E-state index contributed by atoms with van der Waals surface area (Å²) in [4.78, 5) is 35.2. The zero-order chi connectivity index (χ0) is 11.6. The van der Waals surface area contributed by atoms with Crippen LogP contribution in [0.1, 0.15) is 27.2 Å². The molecule has 15 heavy (non-hydrogen) atoms. The topological polar surface area (TPSA) is 66.5 Å². The van der Waals surface area contributed by atoms with Crippen LogP contribution in [0.25, 0.3) is 0 Å². The van der Waals surface area contributed by atoms with Gasteiger partial charge in [-0.05, 0) is 12.8 Å². The lowest BCUT2D eigenvalue weighted by Crippen LogP contribution is -2.46. The zero-order valence-corrected chi connectivity index (χ0v) is 9.24. The smallest absolute Gasteiger partial charge is 0.305 e. The molecule has 0 radical (unpaired) electrons. The fourth-order valence-electron chi connectivity index (χ4n) is 1.83. The Kier molecular flexibility index (Phi) is 3.44. The Morgan fingerprint density at radius 3 is 2.47 bits per heavy atom. The van der Waals surface area contributed by atoms with Gasteiger partial charge in [-0.1, -0.05) is 20.3 Å². The third kappa shape index (κ3) is 2.34. The van der Waals surface area contributed by atoms with Gasteiger partial charge in [0.2, 0.25) is 5.91 Å². The molecule has 0 saturated carbocycles. The average Bonchev–Trinajstić information content (AvgIpc) is 2.45. The molecule has 1 aliphatic heterocycles. The van der Waals surface area contributed by atoms with Crippen molar-refractivity contribution < 1.29 is 14.4 Å². The van der Waals surface area contributed by atoms with Gasteiger partial charge in [-0.2, -0.15) is 0 Å². The summed E-state index contributed by atoms with van der Waals surface area (Å²) in [5, 5.41) is 2.18. The van der Waals surface area contributed by atoms with Crippen LogP contribution in [0.4, 0.5) is 4.79 Å². The Bertz CT molecular complexity index is 301. The molecule has 1 unspecified atom stereocenters. The van der Waals surface area contributed by atoms with Crippen molar-refractivity contribution >= 4 is 17.7 Å². The summed E-state index contributed by atoms with van der Waals surface area (Å²) in [5.74, 6) is -0.345. The number of carbonyl (C=O) groups excluding carboxylic acids is 3. The van der Waals surface area contributed by atoms with Crippen molar-refractivity contribution in [1.29, 1.82) is 0 Å². The van der Waals surface area contributed by atoms with Crippen molar-refractivity contribution in [2.45, 2.75) is 33.2 Å². The van der Waals surface area contributed by atoms with Gasteiger partial charge in [-0.25, -0.2) is 4.79 Å². The Balaban J connectivity index is 2.85. The Morgan fingerprint density at radius 2 is 2.13 bits per heavy atom. The predicted molar refractivity (Wildman–Crippen MR) is 54.2 cm³/mol. The molecule has 5 heteroatoms. The van der Waals surface area contributed by atoms with Crippen LogP contribution >= 0.6 is 0 Å². The number of hydrogen-bond donors (Lipinski definition) is 1. The zero-order valence-electron chi connectivity index (χ0n) is 9.24. The van der Waals surface area contributed by atoms with E-state index in [1.165, 1.54) is 11.8 Å². The summed E-state index contributed by atoms with van der Waals surface area (Å²) in [7, 11) is 0. The number of amides is 3. The normalized spacial score (nSPS) is 20.1. The quantitative estimate of drug-likeness (QED) is 0.692. The van der Waals surface area contributed by atoms with Crippen LogP contribution in [0.2, 0.25) is 0 Å². The van der Waals surface area contributed by atoms with E-state index < -0.39 is 12.1 Å². The van der Waals surface area contributed by atoms with E-state index in [4.69, 9.17) is 0 Å². The van der Waals surface area contributed by atoms with E-state index in [9.17, 15) is 14.4 Å². The molecule has 0 aromatic heterocycles. The van der Waals surface area contributed by atoms with Crippen LogP contribution in [0.3, 0.4) is 0 Å². The van der Waals surface area contributed by atoms with Gasteiger partial charge in [0.1, 0.15) is 6.54 Å². The molecule has 0 spiro atoms. The number of ketones is 1. The maximum absolute atomic E-state index is 11.5. The molecule has 0 bridgehead atoms. The highest BCUT2D eigenvalue weighted by Gasteiger charge is 2.37. The fraction of sp³-hybridized carbons (Fsp3) is 0.700. The molecule has 1 N–H and O–H groups in total. The largest absolute Gasteiger partial charge is 0.325 e. The fourth-order valence-corrected chi connectivity index (χ4v) is 1.83. The summed E-state index contributed by atoms with van der Waals surface area (Å²) >= 11 is 0. The molecule has 84 valence electrons. The highest BCUT2D eigenvalue weighted by Crippen LogP contribution is 2.17. The van der Waals surface area contributed by atoms with E-state index in [0.29, 0.717) is 0 Å². The first kappa shape index (κ1) is 11.7. The van der Waals surface area contributed by atoms with Crippen LogP contribution < -0.4 is 5.32 Å². The maximum atomic E-state index is 11.5. The van der Waals surface area contributed by atoms with E-state index in [2.05, 4.69) is 5.32 Å². The van der Waals surface area contributed by atoms with Gasteiger partial charge in [0.25, 0.3) is 0 Å². The molecule has 3 amide bonds. The maximum Gasteiger partial charge on any atom is 0.325 e. The number of urea groups is 1. The number of imide groups is 1. The minimum atomic E-state index is -0.485. The molecule has 1 saturated heterocycles. The van der Waals surface area contributed by atoms with Crippen molar-refractivity contribution in [3.05, 3.63) is 0 Å². The molecular formula is C10H16N2O3. The molecular weight excluding hydrogens is 196 g/mol. The van der Waals surface area contributed by atoms with Crippen molar-refractivity contribution in [2.24, 2.45) is 5.92 Å². The molecule has 0 aliphatic carbocycles. The molecule has 5 nitrogen and oxygen atoms in total. The summed E-state index contributed by atoms with van der Waals surface area (Å²) in [5.41, 5.74) is 0. The van der Waals surface area contributed by atoms with Crippen LogP contribution in [0.5, 0.6) is 0 Å². The molecule has 2 atom stereocenters. The minimum absolute atomic E-state index is 0.00653. The van der Waals surface area contributed by atoms with E-state index in [-0.39, 0.29) is 24.2 Å². The first-order valence-corrected chi connectivity index (χ1v) is 5.08. The summed E-state index contributed by atoms with van der Waals surface area (Å²) in [6, 6.07) is -0.943. The molecule has 1 rings (SSSR count). The van der Waals surface area contributed by atoms with Crippen molar-refractivity contribution in [3.8, 4) is 0 Å². The molecule has 0 aromatic rings. The Labute approximate surface area is 88.8 Å². The third-order valence-electron chi connectivity index (χ3n) is 2.76. The van der Waals surface area contributed by atoms with Gasteiger partial charge in [-0.15, -0.1) is 0 Å². The highest BCUT2D eigenvalue weighted by molar-refractivity contribution is 6.04. The van der Waals surface area contributed by atoms with E-state index >= 15 is 0 Å². The summed E-state index contributed by atoms with van der Waals surface area (Å²) in [6.07, 6.45) is 0.794. The van der Waals surface area contributed by atoms with Crippen LogP contribution in [-0.2, 0) is 9.59 Å². The highest BCUT2D eigenvalue weighted by atomic mass is 16.2. The number of nitrogens with one attached hydrogen (secondary N) is 1. The molecule has 1 aliphatic rings. The van der Waals surface area contributed by atoms with Gasteiger partial charge >= 0.3 is 6.03 Å². The lowest BCUT2D eigenvalue weighted by Gasteiger charge is -2.28. The Morgan fingerprint density at radius 1 is 1.53 bits per heavy atom. The van der Waals surface area contributed by atoms with E-state index in [1.807, 2.05) is 13.8 Å². The number of carbonyl (C=O) groups is 3. The first-order valence-electron chi connectivity index (χ1n) is 5.08. The van der Waals surface area contributed by atoms with Crippen molar-refractivity contribution in [3.63, 3.8) is 0 Å². The second kappa shape index (κ2) is 4.42. The SMILES string of the molecule is CCC(C)[C@@H](C(C)=O)N1CC(=O)NC1=O. The van der Waals surface area contributed by atoms with Crippen molar-refractivity contribution in [2.75, 3.05) is 6.54 Å². The van der Waals surface area contributed by atoms with Gasteiger partial charge in [0.15, 0.2) is 5.78 Å².